The molecule has 7 aromatic carbocycles. The van der Waals surface area contributed by atoms with Crippen LogP contribution in [0.1, 0.15) is 22.5 Å². The lowest BCUT2D eigenvalue weighted by Crippen LogP contribution is -2.31. The second kappa shape index (κ2) is 12.3. The fourth-order valence-electron chi connectivity index (χ4n) is 8.91. The van der Waals surface area contributed by atoms with Crippen LogP contribution in [0, 0.1) is 0 Å². The molecule has 1 N–H and O–H groups in total. The third kappa shape index (κ3) is 4.75. The average molecular weight is 721 g/mol. The highest BCUT2D eigenvalue weighted by Gasteiger charge is 2.48. The Morgan fingerprint density at radius 2 is 1.09 bits per heavy atom. The Kier molecular flexibility index (Phi) is 7.10. The van der Waals surface area contributed by atoms with Crippen molar-refractivity contribution in [2.45, 2.75) is 5.41 Å². The number of pyridine rings is 2. The third-order valence-corrected chi connectivity index (χ3v) is 12.4. The Bertz CT molecular complexity index is 3070. The number of benzene rings is 7. The van der Waals surface area contributed by atoms with Crippen LogP contribution in [0.3, 0.4) is 0 Å². The van der Waals surface area contributed by atoms with Crippen molar-refractivity contribution >= 4 is 42.3 Å². The molecule has 0 saturated heterocycles. The van der Waals surface area contributed by atoms with E-state index in [2.05, 4.69) is 170 Å². The zero-order valence-corrected chi connectivity index (χ0v) is 30.5. The number of phenols is 1. The number of hydrogen-bond acceptors (Lipinski definition) is 4. The highest BCUT2D eigenvalue weighted by atomic mass is 32.1. The van der Waals surface area contributed by atoms with Crippen molar-refractivity contribution in [3.63, 3.8) is 0 Å². The zero-order valence-electron chi connectivity index (χ0n) is 29.6. The van der Waals surface area contributed by atoms with Crippen LogP contribution in [0.5, 0.6) is 5.75 Å². The lowest BCUT2D eigenvalue weighted by atomic mass is 9.72. The molecule has 0 radical (unpaired) electrons. The lowest BCUT2D eigenvalue weighted by Gasteiger charge is -2.31. The quantitative estimate of drug-likeness (QED) is 0.193. The highest BCUT2D eigenvalue weighted by molar-refractivity contribution is 7.25. The van der Waals surface area contributed by atoms with Crippen LogP contribution in [-0.4, -0.2) is 15.1 Å². The van der Waals surface area contributed by atoms with Crippen molar-refractivity contribution in [2.24, 2.45) is 0 Å². The Balaban J connectivity index is 1.19. The van der Waals surface area contributed by atoms with Crippen molar-refractivity contribution in [1.29, 1.82) is 0 Å². The predicted molar refractivity (Wildman–Crippen MR) is 228 cm³/mol. The summed E-state index contributed by atoms with van der Waals surface area (Å²) in [5, 5.41) is 16.3. The summed E-state index contributed by atoms with van der Waals surface area (Å²) in [6, 6.07) is 63.9. The van der Waals surface area contributed by atoms with Crippen LogP contribution in [-0.2, 0) is 5.41 Å². The first kappa shape index (κ1) is 31.6. The van der Waals surface area contributed by atoms with Crippen LogP contribution in [0.25, 0.3) is 75.6 Å². The molecule has 0 aliphatic heterocycles. The first-order valence-corrected chi connectivity index (χ1v) is 19.4. The second-order valence-corrected chi connectivity index (χ2v) is 15.3. The van der Waals surface area contributed by atoms with Crippen molar-refractivity contribution in [1.82, 2.24) is 9.97 Å². The molecule has 0 spiro atoms. The molecular weight excluding hydrogens is 689 g/mol. The monoisotopic (exact) mass is 720 g/mol. The van der Waals surface area contributed by atoms with E-state index < -0.39 is 5.41 Å². The van der Waals surface area contributed by atoms with E-state index in [1.54, 1.807) is 11.3 Å². The molecule has 55 heavy (non-hydrogen) atoms. The largest absolute Gasteiger partial charge is 0.507 e. The molecule has 3 heterocycles. The fraction of sp³-hybridized carbons (Fsp3) is 0.0196. The first-order valence-electron chi connectivity index (χ1n) is 18.5. The molecule has 10 aromatic rings. The number of aromatic nitrogens is 2. The summed E-state index contributed by atoms with van der Waals surface area (Å²) in [6.45, 7) is 0. The van der Waals surface area contributed by atoms with E-state index in [1.807, 2.05) is 18.3 Å². The van der Waals surface area contributed by atoms with Gasteiger partial charge in [-0.25, -0.2) is 0 Å². The van der Waals surface area contributed by atoms with Gasteiger partial charge in [0, 0.05) is 37.5 Å². The highest BCUT2D eigenvalue weighted by Crippen LogP contribution is 2.55. The zero-order chi connectivity index (χ0) is 36.5. The van der Waals surface area contributed by atoms with Crippen molar-refractivity contribution < 1.29 is 5.11 Å². The third-order valence-electron chi connectivity index (χ3n) is 11.3. The molecule has 1 aliphatic carbocycles. The van der Waals surface area contributed by atoms with Crippen LogP contribution in [0.15, 0.2) is 188 Å². The van der Waals surface area contributed by atoms with Gasteiger partial charge in [0.15, 0.2) is 0 Å². The van der Waals surface area contributed by atoms with Gasteiger partial charge in [0.25, 0.3) is 0 Å². The Morgan fingerprint density at radius 1 is 0.418 bits per heavy atom. The minimum absolute atomic E-state index is 0.259. The van der Waals surface area contributed by atoms with Crippen molar-refractivity contribution in [3.8, 4) is 50.4 Å². The van der Waals surface area contributed by atoms with Crippen LogP contribution >= 0.6 is 11.3 Å². The maximum Gasteiger partial charge on any atom is 0.124 e. The molecule has 0 amide bonds. The number of fused-ring (bicyclic) bond motifs is 7. The maximum absolute atomic E-state index is 11.9. The van der Waals surface area contributed by atoms with E-state index >= 15 is 0 Å². The SMILES string of the molecule is Oc1cc2c(cc1-c1cc(-c3cccc(C4(c5ccccn5)c5ccccc5-c5ccccc54)n3)cc3c(-c4ccccc4)cccc13)sc1ccccc12. The molecule has 11 rings (SSSR count). The van der Waals surface area contributed by atoms with Gasteiger partial charge in [0.2, 0.25) is 0 Å². The van der Waals surface area contributed by atoms with E-state index in [1.165, 1.54) is 27.0 Å². The summed E-state index contributed by atoms with van der Waals surface area (Å²) in [5.41, 5.74) is 11.7. The lowest BCUT2D eigenvalue weighted by molar-refractivity contribution is 0.478. The topological polar surface area (TPSA) is 46.0 Å². The number of hydrogen-bond donors (Lipinski definition) is 1. The first-order chi connectivity index (χ1) is 27.2. The van der Waals surface area contributed by atoms with Gasteiger partial charge in [-0.1, -0.05) is 127 Å². The number of nitrogens with zero attached hydrogens (tertiary/aromatic N) is 2. The Labute approximate surface area is 322 Å². The van der Waals surface area contributed by atoms with E-state index in [9.17, 15) is 5.11 Å². The molecule has 4 heteroatoms. The number of rotatable bonds is 5. The molecule has 0 bridgehead atoms. The number of aromatic hydroxyl groups is 1. The molecule has 0 saturated carbocycles. The summed E-state index contributed by atoms with van der Waals surface area (Å²) in [5.74, 6) is 0.259. The number of phenolic OH excluding ortho intramolecular Hbond substituents is 1. The van der Waals surface area contributed by atoms with E-state index in [-0.39, 0.29) is 5.75 Å². The summed E-state index contributed by atoms with van der Waals surface area (Å²) < 4.78 is 2.35. The van der Waals surface area contributed by atoms with E-state index in [4.69, 9.17) is 9.97 Å². The van der Waals surface area contributed by atoms with Gasteiger partial charge in [-0.05, 0) is 104 Å². The average Bonchev–Trinajstić information content (AvgIpc) is 3.77. The molecule has 258 valence electrons. The summed E-state index contributed by atoms with van der Waals surface area (Å²) in [7, 11) is 0. The van der Waals surface area contributed by atoms with Crippen LogP contribution in [0.2, 0.25) is 0 Å². The smallest absolute Gasteiger partial charge is 0.124 e. The Morgan fingerprint density at radius 3 is 1.89 bits per heavy atom. The van der Waals surface area contributed by atoms with Crippen molar-refractivity contribution in [2.75, 3.05) is 0 Å². The molecule has 3 nitrogen and oxygen atoms in total. The van der Waals surface area contributed by atoms with Gasteiger partial charge in [0.05, 0.1) is 17.1 Å². The fourth-order valence-corrected chi connectivity index (χ4v) is 10.0. The number of thiophene rings is 1. The summed E-state index contributed by atoms with van der Waals surface area (Å²) in [6.07, 6.45) is 1.88. The molecule has 3 aromatic heterocycles. The standard InChI is InChI=1S/C51H32N2OS/c54-46-30-42-38-18-6-9-24-47(38)55-48(42)31-41(46)40-29-33(28-39-34(19-12-20-35(39)40)32-14-2-1-3-15-32)45-23-13-26-50(53-45)51(49-25-10-11-27-52-49)43-21-7-4-16-36(43)37-17-5-8-22-44(37)51/h1-31,54H. The van der Waals surface area contributed by atoms with Gasteiger partial charge < -0.3 is 5.11 Å². The molecular formula is C51H32N2OS. The maximum atomic E-state index is 11.9. The predicted octanol–water partition coefficient (Wildman–Crippen LogP) is 13.1. The second-order valence-electron chi connectivity index (χ2n) is 14.2. The van der Waals surface area contributed by atoms with Gasteiger partial charge in [-0.15, -0.1) is 11.3 Å². The van der Waals surface area contributed by atoms with Gasteiger partial charge in [0.1, 0.15) is 11.2 Å². The summed E-state index contributed by atoms with van der Waals surface area (Å²) in [4.78, 5) is 10.6. The summed E-state index contributed by atoms with van der Waals surface area (Å²) >= 11 is 1.76. The molecule has 1 aliphatic rings. The minimum Gasteiger partial charge on any atom is -0.507 e. The van der Waals surface area contributed by atoms with Crippen molar-refractivity contribution in [3.05, 3.63) is 211 Å². The van der Waals surface area contributed by atoms with Gasteiger partial charge in [-0.3, -0.25) is 9.97 Å². The van der Waals surface area contributed by atoms with Gasteiger partial charge in [-0.2, -0.15) is 0 Å². The van der Waals surface area contributed by atoms with E-state index in [0.29, 0.717) is 0 Å². The minimum atomic E-state index is -0.718. The van der Waals surface area contributed by atoms with Crippen LogP contribution < -0.4 is 0 Å². The normalized spacial score (nSPS) is 12.9. The molecule has 0 unspecified atom stereocenters. The van der Waals surface area contributed by atoms with Crippen LogP contribution in [0.4, 0.5) is 0 Å². The molecule has 0 atom stereocenters. The molecule has 0 fully saturated rings. The van der Waals surface area contributed by atoms with E-state index in [0.717, 1.165) is 71.1 Å². The van der Waals surface area contributed by atoms with Gasteiger partial charge >= 0.3 is 0 Å². The Hall–Kier alpha value is -6.88.